The first-order valence-electron chi connectivity index (χ1n) is 14.2. The number of likely N-dealkylation sites (tertiary alicyclic amines) is 1. The summed E-state index contributed by atoms with van der Waals surface area (Å²) in [5.41, 5.74) is 1.85. The summed E-state index contributed by atoms with van der Waals surface area (Å²) >= 11 is 3.43. The number of nitrogens with zero attached hydrogens (tertiary/aromatic N) is 3. The average Bonchev–Trinajstić information content (AvgIpc) is 3.38. The minimum atomic E-state index is -2.76. The van der Waals surface area contributed by atoms with Crippen molar-refractivity contribution in [1.29, 1.82) is 0 Å². The summed E-state index contributed by atoms with van der Waals surface area (Å²) in [5.74, 6) is -2.63. The Hall–Kier alpha value is -4.23. The number of anilines is 3. The van der Waals surface area contributed by atoms with Crippen LogP contribution in [-0.2, 0) is 9.53 Å². The highest BCUT2D eigenvalue weighted by Gasteiger charge is 2.38. The largest absolute Gasteiger partial charge is 0.494 e. The molecular weight excluding hydrogens is 654 g/mol. The van der Waals surface area contributed by atoms with E-state index in [1.807, 2.05) is 6.07 Å². The number of ether oxygens (including phenoxy) is 3. The molecule has 1 aliphatic heterocycles. The molecule has 0 bridgehead atoms. The van der Waals surface area contributed by atoms with Crippen LogP contribution in [0.15, 0.2) is 71.2 Å². The van der Waals surface area contributed by atoms with Crippen LogP contribution in [0.4, 0.5) is 30.6 Å². The number of nitrogens with one attached hydrogen (secondary N) is 1. The second-order valence-electron chi connectivity index (χ2n) is 10.3. The van der Waals surface area contributed by atoms with Crippen molar-refractivity contribution in [2.24, 2.45) is 0 Å². The lowest BCUT2D eigenvalue weighted by Gasteiger charge is -2.29. The summed E-state index contributed by atoms with van der Waals surface area (Å²) in [6, 6.07) is 18.1. The molecule has 1 saturated heterocycles. The van der Waals surface area contributed by atoms with Gasteiger partial charge in [0, 0.05) is 49.2 Å². The van der Waals surface area contributed by atoms with Gasteiger partial charge in [0.15, 0.2) is 0 Å². The highest BCUT2D eigenvalue weighted by molar-refractivity contribution is 9.10. The molecule has 3 amide bonds. The zero-order valence-electron chi connectivity index (χ0n) is 25.2. The van der Waals surface area contributed by atoms with E-state index < -0.39 is 17.9 Å². The molecule has 1 heterocycles. The summed E-state index contributed by atoms with van der Waals surface area (Å²) in [6.07, 6.45) is -0.225. The van der Waals surface area contributed by atoms with E-state index in [1.54, 1.807) is 65.6 Å². The van der Waals surface area contributed by atoms with Gasteiger partial charge in [-0.25, -0.2) is 18.4 Å². The Labute approximate surface area is 269 Å². The van der Waals surface area contributed by atoms with Gasteiger partial charge in [0.05, 0.1) is 44.2 Å². The zero-order chi connectivity index (χ0) is 32.6. The first-order chi connectivity index (χ1) is 21.5. The summed E-state index contributed by atoms with van der Waals surface area (Å²) in [5, 5.41) is 2.87. The number of methoxy groups -OCH3 is 2. The first kappa shape index (κ1) is 33.7. The SMILES string of the molecule is COC(=O)c1ccc(OCCN(C(C)=O)c2ccc(N(CCN3CCC(F)(F)C3)C(=O)Nc3ccccc3Br)c(OC)c2)cc1. The van der Waals surface area contributed by atoms with Gasteiger partial charge in [-0.05, 0) is 64.5 Å². The molecular formula is C32H35BrF2N4O6. The van der Waals surface area contributed by atoms with Gasteiger partial charge in [-0.2, -0.15) is 0 Å². The van der Waals surface area contributed by atoms with Crippen molar-refractivity contribution in [3.05, 3.63) is 76.8 Å². The standard InChI is InChI=1S/C32H35BrF2N4O6/c1-22(40)38(18-19-45-25-11-8-23(9-12-25)30(41)44-3)24-10-13-28(29(20-24)43-2)39(17-16-37-15-14-32(34,35)21-37)31(42)36-27-7-5-4-6-26(27)33/h4-13,20H,14-19,21H2,1-3H3,(H,36,42). The van der Waals surface area contributed by atoms with Crippen molar-refractivity contribution in [2.45, 2.75) is 19.3 Å². The van der Waals surface area contributed by atoms with Gasteiger partial charge in [-0.15, -0.1) is 0 Å². The van der Waals surface area contributed by atoms with Crippen LogP contribution in [-0.4, -0.2) is 82.3 Å². The van der Waals surface area contributed by atoms with Crippen LogP contribution < -0.4 is 24.6 Å². The number of halogens is 3. The van der Waals surface area contributed by atoms with E-state index in [-0.39, 0.29) is 51.7 Å². The van der Waals surface area contributed by atoms with Crippen LogP contribution in [0.25, 0.3) is 0 Å². The molecule has 240 valence electrons. The molecule has 45 heavy (non-hydrogen) atoms. The van der Waals surface area contributed by atoms with Crippen molar-refractivity contribution in [3.8, 4) is 11.5 Å². The molecule has 3 aromatic carbocycles. The third kappa shape index (κ3) is 8.92. The number of para-hydroxylation sites is 1. The lowest BCUT2D eigenvalue weighted by Crippen LogP contribution is -2.41. The van der Waals surface area contributed by atoms with Crippen molar-refractivity contribution in [2.75, 3.05) is 68.7 Å². The van der Waals surface area contributed by atoms with Crippen LogP contribution in [0, 0.1) is 0 Å². The minimum Gasteiger partial charge on any atom is -0.494 e. The zero-order valence-corrected chi connectivity index (χ0v) is 26.8. The highest BCUT2D eigenvalue weighted by Crippen LogP contribution is 2.34. The molecule has 0 atom stereocenters. The maximum Gasteiger partial charge on any atom is 0.337 e. The average molecular weight is 690 g/mol. The van der Waals surface area contributed by atoms with E-state index >= 15 is 0 Å². The summed E-state index contributed by atoms with van der Waals surface area (Å²) in [6.45, 7) is 1.98. The van der Waals surface area contributed by atoms with Crippen molar-refractivity contribution in [1.82, 2.24) is 4.90 Å². The van der Waals surface area contributed by atoms with E-state index in [9.17, 15) is 23.2 Å². The number of carbonyl (C=O) groups excluding carboxylic acids is 3. The van der Waals surface area contributed by atoms with E-state index in [4.69, 9.17) is 14.2 Å². The fourth-order valence-electron chi connectivity index (χ4n) is 4.90. The van der Waals surface area contributed by atoms with Gasteiger partial charge in [0.1, 0.15) is 18.1 Å². The number of alkyl halides is 2. The Morgan fingerprint density at radius 2 is 1.73 bits per heavy atom. The number of esters is 1. The monoisotopic (exact) mass is 688 g/mol. The number of hydrogen-bond acceptors (Lipinski definition) is 7. The molecule has 0 radical (unpaired) electrons. The third-order valence-electron chi connectivity index (χ3n) is 7.25. The number of carbonyl (C=O) groups is 3. The predicted molar refractivity (Wildman–Crippen MR) is 171 cm³/mol. The van der Waals surface area contributed by atoms with Gasteiger partial charge >= 0.3 is 12.0 Å². The number of urea groups is 1. The van der Waals surface area contributed by atoms with E-state index in [1.165, 1.54) is 30.9 Å². The summed E-state index contributed by atoms with van der Waals surface area (Å²) in [4.78, 5) is 42.5. The van der Waals surface area contributed by atoms with Crippen molar-refractivity contribution in [3.63, 3.8) is 0 Å². The van der Waals surface area contributed by atoms with Crippen LogP contribution in [0.3, 0.4) is 0 Å². The second-order valence-corrected chi connectivity index (χ2v) is 11.2. The minimum absolute atomic E-state index is 0.112. The first-order valence-corrected chi connectivity index (χ1v) is 15.0. The quantitative estimate of drug-likeness (QED) is 0.231. The van der Waals surface area contributed by atoms with Crippen LogP contribution >= 0.6 is 15.9 Å². The molecule has 4 rings (SSSR count). The Morgan fingerprint density at radius 3 is 2.36 bits per heavy atom. The van der Waals surface area contributed by atoms with Gasteiger partial charge in [-0.1, -0.05) is 12.1 Å². The van der Waals surface area contributed by atoms with E-state index in [0.29, 0.717) is 38.6 Å². The summed E-state index contributed by atoms with van der Waals surface area (Å²) in [7, 11) is 2.76. The third-order valence-corrected chi connectivity index (χ3v) is 7.95. The highest BCUT2D eigenvalue weighted by atomic mass is 79.9. The molecule has 0 unspecified atom stereocenters. The van der Waals surface area contributed by atoms with Crippen LogP contribution in [0.5, 0.6) is 11.5 Å². The van der Waals surface area contributed by atoms with Gasteiger partial charge < -0.3 is 24.4 Å². The Morgan fingerprint density at radius 1 is 1.00 bits per heavy atom. The molecule has 3 aromatic rings. The topological polar surface area (TPSA) is 101 Å². The number of hydrogen-bond donors (Lipinski definition) is 1. The van der Waals surface area contributed by atoms with E-state index in [0.717, 1.165) is 0 Å². The number of amides is 3. The smallest absolute Gasteiger partial charge is 0.337 e. The fraction of sp³-hybridized carbons (Fsp3) is 0.344. The number of rotatable bonds is 12. The maximum absolute atomic E-state index is 13.9. The molecule has 13 heteroatoms. The molecule has 1 aliphatic rings. The van der Waals surface area contributed by atoms with Gasteiger partial charge in [-0.3, -0.25) is 14.6 Å². The Balaban J connectivity index is 1.52. The van der Waals surface area contributed by atoms with E-state index in [2.05, 4.69) is 21.2 Å². The molecule has 1 N–H and O–H groups in total. The van der Waals surface area contributed by atoms with Gasteiger partial charge in [0.25, 0.3) is 5.92 Å². The Bertz CT molecular complexity index is 1510. The molecule has 1 fully saturated rings. The van der Waals surface area contributed by atoms with Gasteiger partial charge in [0.2, 0.25) is 5.91 Å². The summed E-state index contributed by atoms with van der Waals surface area (Å²) < 4.78 is 44.6. The van der Waals surface area contributed by atoms with Crippen molar-refractivity contribution < 1.29 is 37.4 Å². The fourth-order valence-corrected chi connectivity index (χ4v) is 5.29. The maximum atomic E-state index is 13.9. The molecule has 0 aromatic heterocycles. The molecule has 0 aliphatic carbocycles. The van der Waals surface area contributed by atoms with Crippen LogP contribution in [0.1, 0.15) is 23.7 Å². The Kier molecular flexibility index (Phi) is 11.3. The van der Waals surface area contributed by atoms with Crippen LogP contribution in [0.2, 0.25) is 0 Å². The predicted octanol–water partition coefficient (Wildman–Crippen LogP) is 6.06. The normalized spacial score (nSPS) is 14.0. The lowest BCUT2D eigenvalue weighted by molar-refractivity contribution is -0.116. The van der Waals surface area contributed by atoms with Crippen molar-refractivity contribution >= 4 is 50.9 Å². The second kappa shape index (κ2) is 15.2. The number of benzene rings is 3. The lowest BCUT2D eigenvalue weighted by atomic mass is 10.2. The molecule has 0 spiro atoms. The molecule has 0 saturated carbocycles. The molecule has 10 nitrogen and oxygen atoms in total.